The van der Waals surface area contributed by atoms with E-state index in [2.05, 4.69) is 9.80 Å². The molecule has 2 rings (SSSR count). The predicted molar refractivity (Wildman–Crippen MR) is 89.8 cm³/mol. The van der Waals surface area contributed by atoms with Crippen molar-refractivity contribution in [3.05, 3.63) is 18.2 Å². The number of rotatable bonds is 7. The lowest BCUT2D eigenvalue weighted by Crippen LogP contribution is -2.22. The third-order valence-corrected chi connectivity index (χ3v) is 3.74. The van der Waals surface area contributed by atoms with Crippen molar-refractivity contribution in [2.75, 3.05) is 52.3 Å². The van der Waals surface area contributed by atoms with Crippen LogP contribution in [-0.4, -0.2) is 52.3 Å². The predicted octanol–water partition coefficient (Wildman–Crippen LogP) is 3.26. The summed E-state index contributed by atoms with van der Waals surface area (Å²) in [5.74, 6) is 1.64. The molecule has 1 heterocycles. The van der Waals surface area contributed by atoms with Gasteiger partial charge in [0.05, 0.1) is 13.7 Å². The number of likely N-dealkylation sites (tertiary alicyclic amines) is 1. The van der Waals surface area contributed by atoms with Gasteiger partial charge in [-0.1, -0.05) is 7.43 Å². The molecule has 1 aliphatic rings. The Balaban J connectivity index is 0.00000220. The van der Waals surface area contributed by atoms with Gasteiger partial charge in [0.25, 0.3) is 0 Å². The molecule has 4 nitrogen and oxygen atoms in total. The second-order valence-electron chi connectivity index (χ2n) is 5.48. The Labute approximate surface area is 129 Å². The Morgan fingerprint density at radius 3 is 2.48 bits per heavy atom. The van der Waals surface area contributed by atoms with Crippen molar-refractivity contribution in [3.63, 3.8) is 0 Å². The third-order valence-electron chi connectivity index (χ3n) is 3.74. The molecule has 0 saturated carbocycles. The van der Waals surface area contributed by atoms with Crippen LogP contribution in [0.2, 0.25) is 0 Å². The van der Waals surface area contributed by atoms with E-state index in [0.717, 1.165) is 36.8 Å². The highest BCUT2D eigenvalue weighted by Crippen LogP contribution is 2.31. The summed E-state index contributed by atoms with van der Waals surface area (Å²) in [7, 11) is 5.74. The molecule has 1 aromatic rings. The van der Waals surface area contributed by atoms with Gasteiger partial charge in [0.2, 0.25) is 0 Å². The zero-order valence-electron chi connectivity index (χ0n) is 12.9. The van der Waals surface area contributed by atoms with E-state index in [0.29, 0.717) is 0 Å². The van der Waals surface area contributed by atoms with E-state index >= 15 is 0 Å². The van der Waals surface area contributed by atoms with E-state index in [-0.39, 0.29) is 7.43 Å². The van der Waals surface area contributed by atoms with Crippen LogP contribution >= 0.6 is 0 Å². The van der Waals surface area contributed by atoms with Crippen LogP contribution in [0.3, 0.4) is 0 Å². The van der Waals surface area contributed by atoms with Crippen molar-refractivity contribution in [3.8, 4) is 11.5 Å². The zero-order chi connectivity index (χ0) is 14.4. The summed E-state index contributed by atoms with van der Waals surface area (Å²) in [5.41, 5.74) is 1.13. The highest BCUT2D eigenvalue weighted by Gasteiger charge is 2.11. The number of anilines is 1. The average Bonchev–Trinajstić information content (AvgIpc) is 2.96. The summed E-state index contributed by atoms with van der Waals surface area (Å²) in [6.07, 6.45) is 3.76. The molecule has 0 radical (unpaired) electrons. The maximum absolute atomic E-state index is 5.90. The van der Waals surface area contributed by atoms with Gasteiger partial charge in [0.1, 0.15) is 0 Å². The molecular formula is C17H30N2O2. The Morgan fingerprint density at radius 2 is 1.86 bits per heavy atom. The molecule has 0 N–H and O–H groups in total. The van der Waals surface area contributed by atoms with E-state index in [9.17, 15) is 0 Å². The molecule has 0 bridgehead atoms. The summed E-state index contributed by atoms with van der Waals surface area (Å²) in [6, 6.07) is 6.04. The number of hydrogen-bond acceptors (Lipinski definition) is 4. The van der Waals surface area contributed by atoms with E-state index in [1.807, 2.05) is 32.3 Å². The monoisotopic (exact) mass is 294 g/mol. The number of nitrogens with zero attached hydrogens (tertiary/aromatic N) is 2. The maximum atomic E-state index is 5.90. The first kappa shape index (κ1) is 17.6. The highest BCUT2D eigenvalue weighted by molar-refractivity contribution is 5.55. The normalized spacial score (nSPS) is 14.6. The van der Waals surface area contributed by atoms with Gasteiger partial charge in [0.15, 0.2) is 11.5 Å². The zero-order valence-corrected chi connectivity index (χ0v) is 12.9. The van der Waals surface area contributed by atoms with Crippen LogP contribution in [0.1, 0.15) is 26.7 Å². The summed E-state index contributed by atoms with van der Waals surface area (Å²) < 4.78 is 11.3. The Bertz CT molecular complexity index is 415. The first-order valence-electron chi connectivity index (χ1n) is 7.41. The van der Waals surface area contributed by atoms with Gasteiger partial charge in [-0.25, -0.2) is 0 Å². The van der Waals surface area contributed by atoms with Crippen LogP contribution in [0.15, 0.2) is 18.2 Å². The van der Waals surface area contributed by atoms with E-state index in [1.54, 1.807) is 7.11 Å². The Kier molecular flexibility index (Phi) is 7.37. The average molecular weight is 294 g/mol. The molecule has 21 heavy (non-hydrogen) atoms. The third kappa shape index (κ3) is 5.12. The first-order chi connectivity index (χ1) is 9.70. The van der Waals surface area contributed by atoms with Gasteiger partial charge >= 0.3 is 0 Å². The fourth-order valence-electron chi connectivity index (χ4n) is 2.53. The van der Waals surface area contributed by atoms with Crippen LogP contribution < -0.4 is 14.4 Å². The largest absolute Gasteiger partial charge is 0.493 e. The second kappa shape index (κ2) is 8.78. The standard InChI is InChI=1S/C16H26N2O2.CH4/c1-17(2)14-7-8-15(19-3)16(13-14)20-12-6-11-18-9-4-5-10-18;/h7-8,13H,4-6,9-12H2,1-3H3;1H4. The number of ether oxygens (including phenoxy) is 2. The molecule has 0 aromatic heterocycles. The van der Waals surface area contributed by atoms with Crippen LogP contribution in [0.5, 0.6) is 11.5 Å². The molecule has 1 fully saturated rings. The lowest BCUT2D eigenvalue weighted by molar-refractivity contribution is 0.254. The van der Waals surface area contributed by atoms with Crippen molar-refractivity contribution >= 4 is 5.69 Å². The van der Waals surface area contributed by atoms with Crippen molar-refractivity contribution in [1.82, 2.24) is 4.90 Å². The molecule has 0 unspecified atom stereocenters. The summed E-state index contributed by atoms with van der Waals surface area (Å²) in [4.78, 5) is 4.58. The maximum Gasteiger partial charge on any atom is 0.163 e. The summed E-state index contributed by atoms with van der Waals surface area (Å²) in [6.45, 7) is 4.37. The Morgan fingerprint density at radius 1 is 1.14 bits per heavy atom. The van der Waals surface area contributed by atoms with Crippen LogP contribution in [-0.2, 0) is 0 Å². The summed E-state index contributed by atoms with van der Waals surface area (Å²) in [5, 5.41) is 0. The van der Waals surface area contributed by atoms with Crippen LogP contribution in [0, 0.1) is 0 Å². The molecular weight excluding hydrogens is 264 g/mol. The van der Waals surface area contributed by atoms with Gasteiger partial charge in [-0.05, 0) is 44.5 Å². The number of hydrogen-bond donors (Lipinski definition) is 0. The molecule has 0 spiro atoms. The van der Waals surface area contributed by atoms with Crippen molar-refractivity contribution in [1.29, 1.82) is 0 Å². The minimum atomic E-state index is 0. The second-order valence-corrected chi connectivity index (χ2v) is 5.48. The SMILES string of the molecule is C.COc1ccc(N(C)C)cc1OCCCN1CCCC1. The van der Waals surface area contributed by atoms with Crippen LogP contribution in [0.4, 0.5) is 5.69 Å². The van der Waals surface area contributed by atoms with Crippen molar-refractivity contribution in [2.45, 2.75) is 26.7 Å². The van der Waals surface area contributed by atoms with E-state index in [4.69, 9.17) is 9.47 Å². The van der Waals surface area contributed by atoms with Gasteiger partial charge < -0.3 is 19.3 Å². The topological polar surface area (TPSA) is 24.9 Å². The van der Waals surface area contributed by atoms with Crippen LogP contribution in [0.25, 0.3) is 0 Å². The van der Waals surface area contributed by atoms with Gasteiger partial charge in [-0.15, -0.1) is 0 Å². The highest BCUT2D eigenvalue weighted by atomic mass is 16.5. The fourth-order valence-corrected chi connectivity index (χ4v) is 2.53. The minimum absolute atomic E-state index is 0. The molecule has 4 heteroatoms. The van der Waals surface area contributed by atoms with E-state index in [1.165, 1.54) is 25.9 Å². The molecule has 1 saturated heterocycles. The van der Waals surface area contributed by atoms with Gasteiger partial charge in [-0.2, -0.15) is 0 Å². The quantitative estimate of drug-likeness (QED) is 0.721. The number of methoxy groups -OCH3 is 1. The molecule has 0 aliphatic carbocycles. The molecule has 0 amide bonds. The Hall–Kier alpha value is -1.42. The molecule has 1 aromatic carbocycles. The molecule has 0 atom stereocenters. The van der Waals surface area contributed by atoms with Crippen molar-refractivity contribution < 1.29 is 9.47 Å². The lowest BCUT2D eigenvalue weighted by Gasteiger charge is -2.18. The first-order valence-corrected chi connectivity index (χ1v) is 7.41. The minimum Gasteiger partial charge on any atom is -0.493 e. The lowest BCUT2D eigenvalue weighted by atomic mass is 10.2. The van der Waals surface area contributed by atoms with Crippen molar-refractivity contribution in [2.24, 2.45) is 0 Å². The fraction of sp³-hybridized carbons (Fsp3) is 0.647. The molecule has 120 valence electrons. The molecule has 1 aliphatic heterocycles. The summed E-state index contributed by atoms with van der Waals surface area (Å²) >= 11 is 0. The van der Waals surface area contributed by atoms with Gasteiger partial charge in [0, 0.05) is 32.4 Å². The van der Waals surface area contributed by atoms with Gasteiger partial charge in [-0.3, -0.25) is 0 Å². The number of benzene rings is 1. The smallest absolute Gasteiger partial charge is 0.163 e. The van der Waals surface area contributed by atoms with E-state index < -0.39 is 0 Å².